The van der Waals surface area contributed by atoms with Gasteiger partial charge in [0.15, 0.2) is 0 Å². The number of benzene rings is 1. The van der Waals surface area contributed by atoms with Crippen molar-refractivity contribution in [2.75, 3.05) is 7.05 Å². The number of aliphatic imine (C=N–C) groups is 1. The minimum Gasteiger partial charge on any atom is -0.404 e. The number of pyridine rings is 1. The number of allylic oxidation sites excluding steroid dienone is 1. The van der Waals surface area contributed by atoms with Crippen LogP contribution in [0.4, 0.5) is 13.2 Å². The standard InChI is InChI=1S/C23H22F3N5O2/c1-28-11-14(10-27)20-21-18(22(33)31(12-29-21)16-6-7-17(32)8-16)9-19(30-20)13-2-4-15(5-3-13)23(24,25)26/h2-5,9-12,16-17,32H,6-8,27H2,1H3/t16-,17+/m1/s1. The highest BCUT2D eigenvalue weighted by molar-refractivity contribution is 6.13. The second-order valence-electron chi connectivity index (χ2n) is 7.91. The molecule has 0 bridgehead atoms. The van der Waals surface area contributed by atoms with E-state index in [1.165, 1.54) is 41.5 Å². The molecule has 1 aliphatic rings. The quantitative estimate of drug-likeness (QED) is 0.583. The Labute approximate surface area is 187 Å². The average molecular weight is 457 g/mol. The van der Waals surface area contributed by atoms with E-state index in [4.69, 9.17) is 5.73 Å². The Morgan fingerprint density at radius 1 is 1.27 bits per heavy atom. The average Bonchev–Trinajstić information content (AvgIpc) is 3.22. The lowest BCUT2D eigenvalue weighted by atomic mass is 10.0. The van der Waals surface area contributed by atoms with Crippen LogP contribution in [-0.2, 0) is 6.18 Å². The number of rotatable bonds is 4. The molecule has 2 aromatic heterocycles. The summed E-state index contributed by atoms with van der Waals surface area (Å²) in [7, 11) is 1.55. The van der Waals surface area contributed by atoms with Crippen LogP contribution < -0.4 is 11.3 Å². The summed E-state index contributed by atoms with van der Waals surface area (Å²) in [5.74, 6) is 0. The van der Waals surface area contributed by atoms with Gasteiger partial charge in [-0.3, -0.25) is 14.4 Å². The molecule has 33 heavy (non-hydrogen) atoms. The van der Waals surface area contributed by atoms with Crippen LogP contribution in [0.1, 0.15) is 36.6 Å². The van der Waals surface area contributed by atoms with Crippen molar-refractivity contribution in [1.29, 1.82) is 0 Å². The SMILES string of the molecule is CN=CC(=CN)c1nc(-c2ccc(C(F)(F)F)cc2)cc2c(=O)n([C@@H]3CC[C@H](O)C3)cnc12. The number of aromatic nitrogens is 3. The molecule has 3 N–H and O–H groups in total. The van der Waals surface area contributed by atoms with Crippen LogP contribution in [0.2, 0.25) is 0 Å². The Hall–Kier alpha value is -3.53. The number of aliphatic hydroxyl groups is 1. The predicted molar refractivity (Wildman–Crippen MR) is 120 cm³/mol. The molecular weight excluding hydrogens is 435 g/mol. The van der Waals surface area contributed by atoms with Crippen molar-refractivity contribution in [2.24, 2.45) is 10.7 Å². The molecule has 1 fully saturated rings. The van der Waals surface area contributed by atoms with E-state index in [1.807, 2.05) is 0 Å². The maximum absolute atomic E-state index is 13.4. The van der Waals surface area contributed by atoms with Crippen LogP contribution in [0, 0.1) is 0 Å². The fourth-order valence-corrected chi connectivity index (χ4v) is 4.09. The van der Waals surface area contributed by atoms with E-state index in [1.54, 1.807) is 7.05 Å². The zero-order chi connectivity index (χ0) is 23.8. The molecule has 0 aliphatic heterocycles. The van der Waals surface area contributed by atoms with E-state index in [-0.39, 0.29) is 17.0 Å². The molecule has 1 saturated carbocycles. The highest BCUT2D eigenvalue weighted by atomic mass is 19.4. The summed E-state index contributed by atoms with van der Waals surface area (Å²) in [6.45, 7) is 0. The number of nitrogens with zero attached hydrogens (tertiary/aromatic N) is 4. The van der Waals surface area contributed by atoms with Gasteiger partial charge in [0.1, 0.15) is 11.2 Å². The van der Waals surface area contributed by atoms with E-state index in [0.29, 0.717) is 47.3 Å². The third-order valence-corrected chi connectivity index (χ3v) is 5.77. The summed E-state index contributed by atoms with van der Waals surface area (Å²) in [5, 5.41) is 10.1. The molecule has 0 amide bonds. The topological polar surface area (TPSA) is 106 Å². The molecule has 0 radical (unpaired) electrons. The Morgan fingerprint density at radius 2 is 2.00 bits per heavy atom. The molecule has 1 aliphatic carbocycles. The number of alkyl halides is 3. The number of hydrogen-bond acceptors (Lipinski definition) is 6. The second-order valence-corrected chi connectivity index (χ2v) is 7.91. The molecule has 10 heteroatoms. The van der Waals surface area contributed by atoms with E-state index >= 15 is 0 Å². The lowest BCUT2D eigenvalue weighted by molar-refractivity contribution is -0.137. The first-order valence-corrected chi connectivity index (χ1v) is 10.3. The van der Waals surface area contributed by atoms with Crippen molar-refractivity contribution in [3.63, 3.8) is 0 Å². The van der Waals surface area contributed by atoms with E-state index < -0.39 is 17.8 Å². The van der Waals surface area contributed by atoms with Gasteiger partial charge in [0, 0.05) is 36.6 Å². The van der Waals surface area contributed by atoms with Gasteiger partial charge in [-0.1, -0.05) is 12.1 Å². The fourth-order valence-electron chi connectivity index (χ4n) is 4.09. The molecule has 0 saturated heterocycles. The van der Waals surface area contributed by atoms with E-state index in [2.05, 4.69) is 15.0 Å². The van der Waals surface area contributed by atoms with Gasteiger partial charge in [0.05, 0.1) is 29.1 Å². The lowest BCUT2D eigenvalue weighted by Crippen LogP contribution is -2.25. The Morgan fingerprint density at radius 3 is 2.58 bits per heavy atom. The Balaban J connectivity index is 1.93. The summed E-state index contributed by atoms with van der Waals surface area (Å²) in [6, 6.07) is 5.89. The van der Waals surface area contributed by atoms with Gasteiger partial charge in [-0.15, -0.1) is 0 Å². The number of aliphatic hydroxyl groups excluding tert-OH is 1. The summed E-state index contributed by atoms with van der Waals surface area (Å²) in [5.41, 5.74) is 6.39. The predicted octanol–water partition coefficient (Wildman–Crippen LogP) is 3.56. The normalized spacial score (nSPS) is 19.6. The molecule has 2 atom stereocenters. The summed E-state index contributed by atoms with van der Waals surface area (Å²) >= 11 is 0. The first kappa shape index (κ1) is 22.7. The van der Waals surface area contributed by atoms with Crippen molar-refractivity contribution in [1.82, 2.24) is 14.5 Å². The molecule has 0 spiro atoms. The van der Waals surface area contributed by atoms with Crippen molar-refractivity contribution in [2.45, 2.75) is 37.6 Å². The maximum Gasteiger partial charge on any atom is 0.416 e. The monoisotopic (exact) mass is 457 g/mol. The van der Waals surface area contributed by atoms with Crippen molar-refractivity contribution >= 4 is 22.7 Å². The zero-order valence-electron chi connectivity index (χ0n) is 17.8. The summed E-state index contributed by atoms with van der Waals surface area (Å²) < 4.78 is 40.4. The van der Waals surface area contributed by atoms with E-state index in [0.717, 1.165) is 12.1 Å². The summed E-state index contributed by atoms with van der Waals surface area (Å²) in [4.78, 5) is 26.4. The van der Waals surface area contributed by atoms with Crippen molar-refractivity contribution in [3.05, 3.63) is 64.5 Å². The largest absolute Gasteiger partial charge is 0.416 e. The first-order chi connectivity index (χ1) is 15.7. The molecule has 4 rings (SSSR count). The Bertz CT molecular complexity index is 1300. The first-order valence-electron chi connectivity index (χ1n) is 10.3. The number of hydrogen-bond donors (Lipinski definition) is 2. The van der Waals surface area contributed by atoms with Gasteiger partial charge in [-0.25, -0.2) is 9.97 Å². The van der Waals surface area contributed by atoms with Crippen LogP contribution >= 0.6 is 0 Å². The molecule has 1 aromatic carbocycles. The van der Waals surface area contributed by atoms with Gasteiger partial charge >= 0.3 is 6.18 Å². The van der Waals surface area contributed by atoms with Gasteiger partial charge < -0.3 is 10.8 Å². The highest BCUT2D eigenvalue weighted by Gasteiger charge is 2.30. The molecule has 7 nitrogen and oxygen atoms in total. The zero-order valence-corrected chi connectivity index (χ0v) is 17.8. The van der Waals surface area contributed by atoms with Gasteiger partial charge in [0.25, 0.3) is 5.56 Å². The minimum atomic E-state index is -4.46. The smallest absolute Gasteiger partial charge is 0.404 e. The van der Waals surface area contributed by atoms with Gasteiger partial charge in [0.2, 0.25) is 0 Å². The van der Waals surface area contributed by atoms with Crippen LogP contribution in [0.5, 0.6) is 0 Å². The summed E-state index contributed by atoms with van der Waals surface area (Å²) in [6.07, 6.45) is 0.957. The minimum absolute atomic E-state index is 0.183. The van der Waals surface area contributed by atoms with Crippen LogP contribution in [0.25, 0.3) is 27.7 Å². The third kappa shape index (κ3) is 4.38. The van der Waals surface area contributed by atoms with Crippen LogP contribution in [0.3, 0.4) is 0 Å². The molecule has 172 valence electrons. The highest BCUT2D eigenvalue weighted by Crippen LogP contribution is 2.33. The molecule has 2 heterocycles. The fraction of sp³-hybridized carbons (Fsp3) is 0.304. The van der Waals surface area contributed by atoms with Crippen molar-refractivity contribution in [3.8, 4) is 11.3 Å². The third-order valence-electron chi connectivity index (χ3n) is 5.77. The maximum atomic E-state index is 13.4. The van der Waals surface area contributed by atoms with Crippen molar-refractivity contribution < 1.29 is 18.3 Å². The van der Waals surface area contributed by atoms with Crippen LogP contribution in [0.15, 0.2) is 52.6 Å². The van der Waals surface area contributed by atoms with Gasteiger partial charge in [-0.05, 0) is 37.5 Å². The molecule has 3 aromatic rings. The van der Waals surface area contributed by atoms with Crippen LogP contribution in [-0.4, -0.2) is 39.0 Å². The molecular formula is C23H22F3N5O2. The number of nitrogens with two attached hydrogens (primary N) is 1. The number of halogens is 3. The Kier molecular flexibility index (Phi) is 6.03. The molecule has 0 unspecified atom stereocenters. The second kappa shape index (κ2) is 8.78. The van der Waals surface area contributed by atoms with Gasteiger partial charge in [-0.2, -0.15) is 13.2 Å². The lowest BCUT2D eigenvalue weighted by Gasteiger charge is -2.16. The number of fused-ring (bicyclic) bond motifs is 1. The van der Waals surface area contributed by atoms with E-state index in [9.17, 15) is 23.1 Å².